The number of anilines is 1. The van der Waals surface area contributed by atoms with Gasteiger partial charge in [-0.1, -0.05) is 19.4 Å². The molecule has 0 saturated carbocycles. The van der Waals surface area contributed by atoms with Crippen LogP contribution in [0.4, 0.5) is 5.95 Å². The van der Waals surface area contributed by atoms with E-state index in [0.717, 1.165) is 69.5 Å². The van der Waals surface area contributed by atoms with Gasteiger partial charge >= 0.3 is 0 Å². The van der Waals surface area contributed by atoms with Gasteiger partial charge in [-0.2, -0.15) is 0 Å². The molecule has 2 aliphatic heterocycles. The molecule has 5 rings (SSSR count). The maximum atomic E-state index is 12.8. The molecule has 224 valence electrons. The van der Waals surface area contributed by atoms with E-state index in [1.807, 2.05) is 23.7 Å². The van der Waals surface area contributed by atoms with Crippen molar-refractivity contribution < 1.29 is 13.5 Å². The number of hydrogen-bond donors (Lipinski definition) is 1. The van der Waals surface area contributed by atoms with Crippen molar-refractivity contribution in [1.29, 1.82) is 0 Å². The number of hydrogen-bond acceptors (Lipinski definition) is 8. The van der Waals surface area contributed by atoms with Gasteiger partial charge in [-0.15, -0.1) is 11.3 Å². The molecule has 0 amide bonds. The Bertz CT molecular complexity index is 1390. The highest BCUT2D eigenvalue weighted by atomic mass is 32.2. The molecule has 4 heterocycles. The Morgan fingerprint density at radius 3 is 2.41 bits per heavy atom. The summed E-state index contributed by atoms with van der Waals surface area (Å²) in [4.78, 5) is 16.5. The van der Waals surface area contributed by atoms with Crippen LogP contribution in [0.25, 0.3) is 10.2 Å². The zero-order chi connectivity index (χ0) is 29.0. The molecule has 3 aromatic rings. The zero-order valence-electron chi connectivity index (χ0n) is 24.8. The van der Waals surface area contributed by atoms with Crippen LogP contribution in [0.1, 0.15) is 87.8 Å². The van der Waals surface area contributed by atoms with Crippen LogP contribution in [0, 0.1) is 5.92 Å². The lowest BCUT2D eigenvalue weighted by molar-refractivity contribution is 0.0704. The van der Waals surface area contributed by atoms with Crippen molar-refractivity contribution in [2.24, 2.45) is 5.92 Å². The van der Waals surface area contributed by atoms with Crippen molar-refractivity contribution in [3.63, 3.8) is 0 Å². The summed E-state index contributed by atoms with van der Waals surface area (Å²) in [5, 5.41) is 11.1. The van der Waals surface area contributed by atoms with Crippen LogP contribution < -0.4 is 4.90 Å². The molecule has 0 spiro atoms. The van der Waals surface area contributed by atoms with Crippen LogP contribution >= 0.6 is 11.3 Å². The summed E-state index contributed by atoms with van der Waals surface area (Å²) < 4.78 is 28.5. The summed E-state index contributed by atoms with van der Waals surface area (Å²) >= 11 is 1.81. The quantitative estimate of drug-likeness (QED) is 0.308. The molecule has 1 aromatic carbocycles. The lowest BCUT2D eigenvalue weighted by atomic mass is 9.90. The van der Waals surface area contributed by atoms with Gasteiger partial charge in [-0.05, 0) is 93.9 Å². The number of rotatable bonds is 11. The normalized spacial score (nSPS) is 18.4. The summed E-state index contributed by atoms with van der Waals surface area (Å²) in [5.74, 6) is 1.96. The molecule has 2 aromatic heterocycles. The number of thiazole rings is 1. The molecule has 10 heteroatoms. The van der Waals surface area contributed by atoms with Crippen LogP contribution in [-0.2, 0) is 22.9 Å². The van der Waals surface area contributed by atoms with Crippen LogP contribution in [0.5, 0.6) is 0 Å². The molecule has 0 aliphatic carbocycles. The van der Waals surface area contributed by atoms with E-state index in [1.54, 1.807) is 18.2 Å². The lowest BCUT2D eigenvalue weighted by Gasteiger charge is -2.31. The predicted octanol–water partition coefficient (Wildman–Crippen LogP) is 5.56. The Morgan fingerprint density at radius 1 is 1.05 bits per heavy atom. The SMILES string of the molecule is CCCc1cnc(N2CCC(Cc3nc4ccc(C5CCN(S(=O)(=O)CCCC(C)(C)O)CC5)cc4s3)CC2)nc1. The number of aryl methyl sites for hydroxylation is 1. The maximum Gasteiger partial charge on any atom is 0.225 e. The summed E-state index contributed by atoms with van der Waals surface area (Å²) in [6.45, 7) is 8.72. The third kappa shape index (κ3) is 8.03. The summed E-state index contributed by atoms with van der Waals surface area (Å²) in [6.07, 6.45) is 12.0. The van der Waals surface area contributed by atoms with Crippen LogP contribution in [-0.4, -0.2) is 70.3 Å². The molecule has 0 atom stereocenters. The van der Waals surface area contributed by atoms with E-state index in [2.05, 4.69) is 40.0 Å². The van der Waals surface area contributed by atoms with Crippen LogP contribution in [0.15, 0.2) is 30.6 Å². The number of sulfonamides is 1. The molecular formula is C31H45N5O3S2. The second kappa shape index (κ2) is 13.0. The highest BCUT2D eigenvalue weighted by molar-refractivity contribution is 7.89. The van der Waals surface area contributed by atoms with E-state index in [0.29, 0.717) is 37.8 Å². The molecular weight excluding hydrogens is 555 g/mol. The van der Waals surface area contributed by atoms with Crippen LogP contribution in [0.3, 0.4) is 0 Å². The number of piperidine rings is 2. The Labute approximate surface area is 249 Å². The predicted molar refractivity (Wildman–Crippen MR) is 167 cm³/mol. The molecule has 41 heavy (non-hydrogen) atoms. The molecule has 1 N–H and O–H groups in total. The van der Waals surface area contributed by atoms with Gasteiger partial charge in [0.2, 0.25) is 16.0 Å². The third-order valence-electron chi connectivity index (χ3n) is 8.56. The molecule has 0 bridgehead atoms. The maximum absolute atomic E-state index is 12.8. The van der Waals surface area contributed by atoms with Gasteiger partial charge in [0.15, 0.2) is 0 Å². The highest BCUT2D eigenvalue weighted by Crippen LogP contribution is 2.34. The van der Waals surface area contributed by atoms with Gasteiger partial charge in [-0.3, -0.25) is 0 Å². The Morgan fingerprint density at radius 2 is 1.76 bits per heavy atom. The first-order valence-corrected chi connectivity index (χ1v) is 17.7. The Kier molecular flexibility index (Phi) is 9.63. The van der Waals surface area contributed by atoms with E-state index < -0.39 is 15.6 Å². The number of aliphatic hydroxyl groups is 1. The van der Waals surface area contributed by atoms with Crippen LogP contribution in [0.2, 0.25) is 0 Å². The molecule has 2 saturated heterocycles. The van der Waals surface area contributed by atoms with Crippen molar-refractivity contribution in [2.75, 3.05) is 36.8 Å². The summed E-state index contributed by atoms with van der Waals surface area (Å²) in [5.41, 5.74) is 2.74. The minimum atomic E-state index is -3.28. The van der Waals surface area contributed by atoms with Crippen molar-refractivity contribution in [3.8, 4) is 0 Å². The summed E-state index contributed by atoms with van der Waals surface area (Å²) in [6, 6.07) is 6.62. The van der Waals surface area contributed by atoms with Crippen molar-refractivity contribution in [3.05, 3.63) is 46.7 Å². The smallest absolute Gasteiger partial charge is 0.225 e. The molecule has 2 aliphatic rings. The van der Waals surface area contributed by atoms with Gasteiger partial charge in [0.25, 0.3) is 0 Å². The van der Waals surface area contributed by atoms with Gasteiger partial charge in [0.05, 0.1) is 26.6 Å². The van der Waals surface area contributed by atoms with E-state index in [-0.39, 0.29) is 5.75 Å². The second-order valence-electron chi connectivity index (χ2n) is 12.5. The van der Waals surface area contributed by atoms with Gasteiger partial charge in [0.1, 0.15) is 0 Å². The number of benzene rings is 1. The Hall–Kier alpha value is -2.14. The fourth-order valence-electron chi connectivity index (χ4n) is 6.13. The molecule has 2 fully saturated rings. The minimum absolute atomic E-state index is 0.107. The molecule has 8 nitrogen and oxygen atoms in total. The number of aromatic nitrogens is 3. The van der Waals surface area contributed by atoms with E-state index in [1.165, 1.54) is 20.8 Å². The van der Waals surface area contributed by atoms with E-state index in [9.17, 15) is 13.5 Å². The summed E-state index contributed by atoms with van der Waals surface area (Å²) in [7, 11) is -3.28. The fraction of sp³-hybridized carbons (Fsp3) is 0.645. The minimum Gasteiger partial charge on any atom is -0.390 e. The highest BCUT2D eigenvalue weighted by Gasteiger charge is 2.29. The zero-order valence-corrected chi connectivity index (χ0v) is 26.4. The second-order valence-corrected chi connectivity index (χ2v) is 15.7. The monoisotopic (exact) mass is 599 g/mol. The van der Waals surface area contributed by atoms with Crippen molar-refractivity contribution in [1.82, 2.24) is 19.3 Å². The number of fused-ring (bicyclic) bond motifs is 1. The average Bonchev–Trinajstić information content (AvgIpc) is 3.35. The van der Waals surface area contributed by atoms with Gasteiger partial charge in [0, 0.05) is 45.0 Å². The lowest BCUT2D eigenvalue weighted by Crippen LogP contribution is -2.39. The standard InChI is InChI=1S/C31H45N5O3S2/c1-4-6-24-21-32-30(33-22-24)35-14-9-23(10-15-35)19-29-34-27-8-7-26(20-28(27)40-29)25-11-16-36(17-12-25)41(38,39)18-5-13-31(2,3)37/h7-8,20-23,25,37H,4-6,9-19H2,1-3H3. The van der Waals surface area contributed by atoms with Gasteiger partial charge < -0.3 is 10.0 Å². The Balaban J connectivity index is 1.12. The number of nitrogens with zero attached hydrogens (tertiary/aromatic N) is 5. The molecule has 0 radical (unpaired) electrons. The topological polar surface area (TPSA) is 99.5 Å². The molecule has 0 unspecified atom stereocenters. The first-order chi connectivity index (χ1) is 19.6. The average molecular weight is 600 g/mol. The van der Waals surface area contributed by atoms with E-state index >= 15 is 0 Å². The first kappa shape index (κ1) is 30.3. The third-order valence-corrected chi connectivity index (χ3v) is 11.6. The fourth-order valence-corrected chi connectivity index (χ4v) is 8.79. The largest absolute Gasteiger partial charge is 0.390 e. The van der Waals surface area contributed by atoms with Crippen molar-refractivity contribution >= 4 is 37.5 Å². The van der Waals surface area contributed by atoms with E-state index in [4.69, 9.17) is 4.98 Å². The van der Waals surface area contributed by atoms with Gasteiger partial charge in [-0.25, -0.2) is 27.7 Å². The van der Waals surface area contributed by atoms with Crippen molar-refractivity contribution in [2.45, 2.75) is 90.1 Å². The first-order valence-electron chi connectivity index (χ1n) is 15.2.